The molecule has 0 fully saturated rings. The number of fused-ring (bicyclic) bond motifs is 19. The molecule has 4 aliphatic heterocycles. The van der Waals surface area contributed by atoms with Crippen LogP contribution < -0.4 is 0 Å². The van der Waals surface area contributed by atoms with E-state index in [2.05, 4.69) is 193 Å². The molecule has 1 aliphatic carbocycles. The van der Waals surface area contributed by atoms with Crippen molar-refractivity contribution in [3.05, 3.63) is 287 Å². The Morgan fingerprint density at radius 3 is 0.709 bits per heavy atom. The summed E-state index contributed by atoms with van der Waals surface area (Å²) in [6, 6.07) is 47.4. The number of nitrogens with zero attached hydrogens (tertiary/aromatic N) is 8. The van der Waals surface area contributed by atoms with E-state index in [0.29, 0.717) is 103 Å². The number of H-pyrrole nitrogens is 4. The first-order chi connectivity index (χ1) is 68.5. The van der Waals surface area contributed by atoms with Crippen molar-refractivity contribution in [3.63, 3.8) is 0 Å². The maximum absolute atomic E-state index is 12.8. The molecule has 6 aromatic heterocycles. The molecule has 0 radical (unpaired) electrons. The molecule has 12 aromatic rings. The van der Waals surface area contributed by atoms with Crippen LogP contribution >= 0.6 is 0 Å². The van der Waals surface area contributed by atoms with E-state index in [4.69, 9.17) is 19.9 Å². The molecule has 0 spiro atoms. The lowest BCUT2D eigenvalue weighted by Crippen LogP contribution is -2.25. The lowest BCUT2D eigenvalue weighted by atomic mass is 9.69. The van der Waals surface area contributed by atoms with Crippen molar-refractivity contribution in [1.82, 2.24) is 39.9 Å². The molecule has 20 heteroatoms. The van der Waals surface area contributed by atoms with Crippen LogP contribution in [0.4, 0.5) is 22.7 Å². The lowest BCUT2D eigenvalue weighted by Gasteiger charge is -2.33. The molecule has 10 heterocycles. The highest BCUT2D eigenvalue weighted by Crippen LogP contribution is 2.60. The number of benzene rings is 6. The number of nitro benzene ring substituents is 4. The molecule has 0 saturated heterocycles. The van der Waals surface area contributed by atoms with E-state index in [-0.39, 0.29) is 42.4 Å². The van der Waals surface area contributed by atoms with Gasteiger partial charge in [0.05, 0.1) is 98.3 Å². The Kier molecular flexibility index (Phi) is 29.1. The van der Waals surface area contributed by atoms with Crippen molar-refractivity contribution < 1.29 is 19.7 Å². The van der Waals surface area contributed by atoms with Gasteiger partial charge in [-0.15, -0.1) is 0 Å². The average Bonchev–Trinajstić information content (AvgIpc) is 1.54. The number of hydrogen-bond donors (Lipinski definition) is 4. The van der Waals surface area contributed by atoms with Gasteiger partial charge in [0, 0.05) is 98.4 Å². The minimum absolute atomic E-state index is 0.00637. The molecule has 0 amide bonds. The highest BCUT2D eigenvalue weighted by molar-refractivity contribution is 6.11. The third-order valence-electron chi connectivity index (χ3n) is 31.1. The first-order valence-corrected chi connectivity index (χ1v) is 52.4. The van der Waals surface area contributed by atoms with Crippen molar-refractivity contribution in [2.24, 2.45) is 0 Å². The van der Waals surface area contributed by atoms with Crippen LogP contribution in [-0.4, -0.2) is 59.6 Å². The van der Waals surface area contributed by atoms with Gasteiger partial charge in [0.1, 0.15) is 0 Å². The number of rotatable bonds is 36. The highest BCUT2D eigenvalue weighted by atomic mass is 16.6. The Morgan fingerprint density at radius 2 is 0.468 bits per heavy atom. The topological polar surface area (TPSA) is 287 Å². The molecular weight excluding hydrogens is 1750 g/mol. The fraction of sp³-hybridized carbons (Fsp3) is 0.372. The SMILES string of the molecule is CCCCCCC1(CCCCCC)c2cc(-c3c4nc(c(-c5ccc([N+](=O)[O-])cc5)c5[nH]c(cc6nc(c(-c7ccc([N+](=O)[O-])cc7)c7[nH]c3c(CC)c7CC)C(CC)=C6CC)c(CC)c5CC)C(CC)=C4CC)ccc2-c2ccc(-c3c4nc(c(-c5ccc([N+](=O)[O-])cc5)c5[nH]c(cc6nc(c(-c7ccc([N+](=O)[O-])cc7)c7[nH]c3c(CC)c7CC)C(CC)=C6CC)c(CC)c5CC)C(CC)=C4CC)cc21. The molecule has 4 N–H and O–H groups in total. The molecular formula is C121H134N12O8. The van der Waals surface area contributed by atoms with Gasteiger partial charge in [-0.3, -0.25) is 40.5 Å². The summed E-state index contributed by atoms with van der Waals surface area (Å²) in [7, 11) is 0. The maximum atomic E-state index is 12.8. The van der Waals surface area contributed by atoms with Crippen LogP contribution in [0.5, 0.6) is 0 Å². The van der Waals surface area contributed by atoms with Gasteiger partial charge in [-0.05, 0) is 333 Å². The van der Waals surface area contributed by atoms with E-state index in [0.717, 1.165) is 310 Å². The summed E-state index contributed by atoms with van der Waals surface area (Å²) >= 11 is 0. The smallest absolute Gasteiger partial charge is 0.269 e. The van der Waals surface area contributed by atoms with Gasteiger partial charge < -0.3 is 19.9 Å². The number of non-ortho nitro benzene ring substituents is 4. The van der Waals surface area contributed by atoms with Crippen LogP contribution in [0, 0.1) is 40.5 Å². The Morgan fingerprint density at radius 1 is 0.241 bits per heavy atom. The predicted molar refractivity (Wildman–Crippen MR) is 583 cm³/mol. The number of nitro groups is 4. The number of hydrogen-bond acceptors (Lipinski definition) is 12. The molecule has 141 heavy (non-hydrogen) atoms. The summed E-state index contributed by atoms with van der Waals surface area (Å²) in [4.78, 5) is 91.2. The summed E-state index contributed by atoms with van der Waals surface area (Å²) in [5.41, 5.74) is 46.6. The fourth-order valence-corrected chi connectivity index (χ4v) is 24.6. The normalized spacial score (nSPS) is 13.4. The Labute approximate surface area is 828 Å². The van der Waals surface area contributed by atoms with E-state index < -0.39 is 5.41 Å². The molecule has 0 atom stereocenters. The molecule has 20 nitrogen and oxygen atoms in total. The quantitative estimate of drug-likeness (QED) is 0.0162. The lowest BCUT2D eigenvalue weighted by molar-refractivity contribution is -0.385. The van der Waals surface area contributed by atoms with Gasteiger partial charge in [-0.2, -0.15) is 0 Å². The van der Waals surface area contributed by atoms with E-state index >= 15 is 0 Å². The minimum Gasteiger partial charge on any atom is -0.354 e. The van der Waals surface area contributed by atoms with Crippen LogP contribution in [0.1, 0.15) is 341 Å². The maximum Gasteiger partial charge on any atom is 0.269 e. The monoisotopic (exact) mass is 1880 g/mol. The molecule has 0 saturated carbocycles. The van der Waals surface area contributed by atoms with Gasteiger partial charge in [-0.25, -0.2) is 19.9 Å². The van der Waals surface area contributed by atoms with Crippen LogP contribution in [0.25, 0.3) is 167 Å². The number of nitrogens with one attached hydrogen (secondary N) is 4. The minimum atomic E-state index is -0.599. The number of aromatic amines is 4. The molecule has 16 bridgehead atoms. The third kappa shape index (κ3) is 17.0. The summed E-state index contributed by atoms with van der Waals surface area (Å²) < 4.78 is 0. The number of aryl methyl sites for hydroxylation is 8. The molecule has 0 unspecified atom stereocenters. The zero-order chi connectivity index (χ0) is 99.8. The summed E-state index contributed by atoms with van der Waals surface area (Å²) in [5, 5.41) is 51.1. The second-order valence-corrected chi connectivity index (χ2v) is 38.2. The highest BCUT2D eigenvalue weighted by Gasteiger charge is 2.45. The summed E-state index contributed by atoms with van der Waals surface area (Å²) in [6.07, 6.45) is 20.3. The van der Waals surface area contributed by atoms with Crippen molar-refractivity contribution in [3.8, 4) is 77.9 Å². The van der Waals surface area contributed by atoms with Crippen molar-refractivity contribution in [1.29, 1.82) is 0 Å². The second-order valence-electron chi connectivity index (χ2n) is 38.2. The number of allylic oxidation sites excluding steroid dienone is 8. The van der Waals surface area contributed by atoms with E-state index in [1.165, 1.54) is 22.3 Å². The molecule has 6 aromatic carbocycles. The third-order valence-corrected chi connectivity index (χ3v) is 31.1. The first kappa shape index (κ1) is 98.7. The zero-order valence-electron chi connectivity index (χ0n) is 85.6. The zero-order valence-corrected chi connectivity index (χ0v) is 85.6. The largest absolute Gasteiger partial charge is 0.354 e. The van der Waals surface area contributed by atoms with E-state index in [9.17, 15) is 40.5 Å². The van der Waals surface area contributed by atoms with Crippen LogP contribution in [0.15, 0.2) is 146 Å². The van der Waals surface area contributed by atoms with Crippen molar-refractivity contribution >= 4 is 111 Å². The van der Waals surface area contributed by atoms with E-state index in [1.807, 2.05) is 48.5 Å². The summed E-state index contributed by atoms with van der Waals surface area (Å²) in [6.45, 7) is 40.2. The number of aromatic nitrogens is 8. The first-order valence-electron chi connectivity index (χ1n) is 52.4. The molecule has 17 rings (SSSR count). The van der Waals surface area contributed by atoms with Crippen LogP contribution in [0.3, 0.4) is 0 Å². The fourth-order valence-electron chi connectivity index (χ4n) is 24.6. The molecule has 5 aliphatic rings. The van der Waals surface area contributed by atoms with Gasteiger partial charge in [0.25, 0.3) is 22.7 Å². The Balaban J connectivity index is 1.06. The van der Waals surface area contributed by atoms with Crippen molar-refractivity contribution in [2.45, 2.75) is 297 Å². The Hall–Kier alpha value is -13.9. The molecule has 726 valence electrons. The second kappa shape index (κ2) is 41.5. The van der Waals surface area contributed by atoms with Gasteiger partial charge >= 0.3 is 0 Å². The van der Waals surface area contributed by atoms with Gasteiger partial charge in [0.15, 0.2) is 0 Å². The van der Waals surface area contributed by atoms with Gasteiger partial charge in [0.2, 0.25) is 0 Å². The van der Waals surface area contributed by atoms with Gasteiger partial charge in [-0.1, -0.05) is 200 Å². The number of unbranched alkanes of at least 4 members (excludes halogenated alkanes) is 6. The Bertz CT molecular complexity index is 6990. The predicted octanol–water partition coefficient (Wildman–Crippen LogP) is 34.2. The summed E-state index contributed by atoms with van der Waals surface area (Å²) in [5.74, 6) is 0. The van der Waals surface area contributed by atoms with Crippen molar-refractivity contribution in [2.75, 3.05) is 0 Å². The standard InChI is InChI=1S/C121H134N12O8/c1-19-37-39-41-63-121(64-42-40-38-20-2)97-65-73(107-117-91(33-15)87(29-11)113(126-117)103(69-43-53-75(54-44-69)130(134)135)109-83(25-7)79(21-3)99(122-109)67-100-80(22-4)84(26-8)110(123-100)104(70-45-55-76(56-46-70)131(136)137)114-88(30-12)92(34-16)118(107)127-114)51-61-95(97)96-62-52-74(66-98(96)121)108-119-93(35-17)89(31-13)115(128-119)105(71-47-57-77(58-48-71)132(138)139)111-85(27-9)81(23-5)101(124-111)68-102-82(24-6)86(28-10)112(125-102)106(72-49-59-78(60-50-72)133(140)141)116-90(32-14)94(36-18)120(108)129-116/h43-62,65-68,122,124,127,129H,19-42,63-64H2,1-18H3. The van der Waals surface area contributed by atoms with Crippen LogP contribution in [-0.2, 0) is 56.8 Å². The van der Waals surface area contributed by atoms with Crippen LogP contribution in [0.2, 0.25) is 0 Å². The average molecular weight is 1880 g/mol. The van der Waals surface area contributed by atoms with E-state index in [1.54, 1.807) is 48.5 Å².